The third-order valence-corrected chi connectivity index (χ3v) is 6.08. The molecule has 1 aliphatic heterocycles. The zero-order valence-corrected chi connectivity index (χ0v) is 14.8. The zero-order valence-electron chi connectivity index (χ0n) is 13.9. The monoisotopic (exact) mass is 342 g/mol. The molecule has 0 radical (unpaired) electrons. The number of hydrogen-bond acceptors (Lipinski definition) is 4. The fraction of sp³-hybridized carbons (Fsp3) is 0.500. The third kappa shape index (κ3) is 2.83. The van der Waals surface area contributed by atoms with Gasteiger partial charge in [0.05, 0.1) is 5.75 Å². The number of rotatable bonds is 4. The summed E-state index contributed by atoms with van der Waals surface area (Å²) in [5, 5.41) is 9.46. The van der Waals surface area contributed by atoms with Crippen molar-refractivity contribution in [1.82, 2.24) is 14.8 Å². The van der Waals surface area contributed by atoms with Gasteiger partial charge in [0, 0.05) is 25.2 Å². The molecule has 1 amide bonds. The molecule has 0 atom stereocenters. The third-order valence-electron chi connectivity index (χ3n) is 5.07. The lowest BCUT2D eigenvalue weighted by molar-refractivity contribution is -0.116. The van der Waals surface area contributed by atoms with Crippen LogP contribution in [0.5, 0.6) is 0 Å². The van der Waals surface area contributed by atoms with E-state index < -0.39 is 0 Å². The largest absolute Gasteiger partial charge is 0.311 e. The van der Waals surface area contributed by atoms with Crippen LogP contribution in [0.1, 0.15) is 43.0 Å². The van der Waals surface area contributed by atoms with Crippen LogP contribution >= 0.6 is 11.8 Å². The van der Waals surface area contributed by atoms with Crippen molar-refractivity contribution in [1.29, 1.82) is 0 Å². The lowest BCUT2D eigenvalue weighted by Gasteiger charge is -2.29. The SMILES string of the molecule is Cn1c(SCC(=O)N2CCCc3ccccc32)nnc1C1CCC1. The van der Waals surface area contributed by atoms with E-state index in [-0.39, 0.29) is 5.91 Å². The van der Waals surface area contributed by atoms with Crippen LogP contribution < -0.4 is 4.90 Å². The van der Waals surface area contributed by atoms with E-state index >= 15 is 0 Å². The van der Waals surface area contributed by atoms with Crippen molar-refractivity contribution in [2.45, 2.75) is 43.2 Å². The van der Waals surface area contributed by atoms with Crippen LogP contribution in [0.25, 0.3) is 0 Å². The molecule has 126 valence electrons. The second-order valence-electron chi connectivity index (χ2n) is 6.59. The summed E-state index contributed by atoms with van der Waals surface area (Å²) in [4.78, 5) is 14.6. The molecule has 1 aliphatic carbocycles. The van der Waals surface area contributed by atoms with Crippen molar-refractivity contribution in [3.8, 4) is 0 Å². The second-order valence-corrected chi connectivity index (χ2v) is 7.54. The fourth-order valence-electron chi connectivity index (χ4n) is 3.47. The Morgan fingerprint density at radius 3 is 2.88 bits per heavy atom. The summed E-state index contributed by atoms with van der Waals surface area (Å²) >= 11 is 1.49. The van der Waals surface area contributed by atoms with Gasteiger partial charge in [-0.05, 0) is 37.3 Å². The highest BCUT2D eigenvalue weighted by atomic mass is 32.2. The van der Waals surface area contributed by atoms with Crippen molar-refractivity contribution in [2.24, 2.45) is 7.05 Å². The molecule has 0 saturated heterocycles. The molecule has 0 unspecified atom stereocenters. The van der Waals surface area contributed by atoms with Gasteiger partial charge in [0.25, 0.3) is 0 Å². The van der Waals surface area contributed by atoms with Crippen LogP contribution in [0, 0.1) is 0 Å². The number of nitrogens with zero attached hydrogens (tertiary/aromatic N) is 4. The first-order valence-corrected chi connectivity index (χ1v) is 9.63. The predicted molar refractivity (Wildman–Crippen MR) is 95.4 cm³/mol. The molecule has 0 spiro atoms. The number of para-hydroxylation sites is 1. The maximum atomic E-state index is 12.7. The van der Waals surface area contributed by atoms with E-state index in [0.717, 1.165) is 36.1 Å². The van der Waals surface area contributed by atoms with Crippen LogP contribution in [0.2, 0.25) is 0 Å². The Labute approximate surface area is 146 Å². The summed E-state index contributed by atoms with van der Waals surface area (Å²) in [6.45, 7) is 0.808. The van der Waals surface area contributed by atoms with E-state index in [1.54, 1.807) is 0 Å². The van der Waals surface area contributed by atoms with E-state index in [2.05, 4.69) is 20.8 Å². The molecule has 1 saturated carbocycles. The Kier molecular flexibility index (Phi) is 4.31. The molecule has 1 fully saturated rings. The molecule has 2 heterocycles. The number of anilines is 1. The van der Waals surface area contributed by atoms with Gasteiger partial charge in [0.2, 0.25) is 5.91 Å². The number of carbonyl (C=O) groups excluding carboxylic acids is 1. The molecule has 2 aliphatic rings. The molecular weight excluding hydrogens is 320 g/mol. The summed E-state index contributed by atoms with van der Waals surface area (Å²) in [6.07, 6.45) is 5.79. The van der Waals surface area contributed by atoms with E-state index in [9.17, 15) is 4.79 Å². The Morgan fingerprint density at radius 2 is 2.08 bits per heavy atom. The van der Waals surface area contributed by atoms with Crippen molar-refractivity contribution >= 4 is 23.4 Å². The van der Waals surface area contributed by atoms with Gasteiger partial charge in [-0.1, -0.05) is 36.4 Å². The summed E-state index contributed by atoms with van der Waals surface area (Å²) < 4.78 is 2.06. The van der Waals surface area contributed by atoms with E-state index in [1.807, 2.05) is 30.1 Å². The average molecular weight is 342 g/mol. The highest BCUT2D eigenvalue weighted by Crippen LogP contribution is 2.36. The number of amides is 1. The molecular formula is C18H22N4OS. The standard InChI is InChI=1S/C18H22N4OS/c1-21-17(14-7-4-8-14)19-20-18(21)24-12-16(23)22-11-5-9-13-6-2-3-10-15(13)22/h2-3,6,10,14H,4-5,7-9,11-12H2,1H3. The minimum Gasteiger partial charge on any atom is -0.311 e. The fourth-order valence-corrected chi connectivity index (χ4v) is 4.26. The average Bonchev–Trinajstić information content (AvgIpc) is 2.91. The van der Waals surface area contributed by atoms with Crippen LogP contribution in [0.4, 0.5) is 5.69 Å². The molecule has 4 rings (SSSR count). The summed E-state index contributed by atoms with van der Waals surface area (Å²) in [6, 6.07) is 8.22. The van der Waals surface area contributed by atoms with Gasteiger partial charge in [-0.2, -0.15) is 0 Å². The lowest BCUT2D eigenvalue weighted by Crippen LogP contribution is -2.36. The Bertz CT molecular complexity index is 753. The molecule has 5 nitrogen and oxygen atoms in total. The molecule has 2 aromatic rings. The van der Waals surface area contributed by atoms with Gasteiger partial charge in [-0.15, -0.1) is 10.2 Å². The van der Waals surface area contributed by atoms with Gasteiger partial charge in [-0.3, -0.25) is 4.79 Å². The molecule has 6 heteroatoms. The number of hydrogen-bond donors (Lipinski definition) is 0. The minimum absolute atomic E-state index is 0.153. The van der Waals surface area contributed by atoms with Gasteiger partial charge in [0.1, 0.15) is 5.82 Å². The van der Waals surface area contributed by atoms with E-state index in [4.69, 9.17) is 0 Å². The van der Waals surface area contributed by atoms with Crippen LogP contribution in [-0.2, 0) is 18.3 Å². The number of fused-ring (bicyclic) bond motifs is 1. The lowest BCUT2D eigenvalue weighted by atomic mass is 9.85. The van der Waals surface area contributed by atoms with Crippen molar-refractivity contribution in [3.05, 3.63) is 35.7 Å². The van der Waals surface area contributed by atoms with Gasteiger partial charge < -0.3 is 9.47 Å². The van der Waals surface area contributed by atoms with Gasteiger partial charge in [-0.25, -0.2) is 0 Å². The van der Waals surface area contributed by atoms with E-state index in [1.165, 1.54) is 36.6 Å². The van der Waals surface area contributed by atoms with Crippen LogP contribution in [-0.4, -0.2) is 33.0 Å². The highest BCUT2D eigenvalue weighted by Gasteiger charge is 2.26. The molecule has 24 heavy (non-hydrogen) atoms. The van der Waals surface area contributed by atoms with Crippen molar-refractivity contribution in [2.75, 3.05) is 17.2 Å². The topological polar surface area (TPSA) is 51.0 Å². The summed E-state index contributed by atoms with van der Waals surface area (Å²) in [5.41, 5.74) is 2.34. The predicted octanol–water partition coefficient (Wildman–Crippen LogP) is 3.15. The molecule has 0 N–H and O–H groups in total. The number of carbonyl (C=O) groups is 1. The quantitative estimate of drug-likeness (QED) is 0.801. The Balaban J connectivity index is 1.43. The summed E-state index contributed by atoms with van der Waals surface area (Å²) in [5.74, 6) is 2.19. The Morgan fingerprint density at radius 1 is 1.25 bits per heavy atom. The summed E-state index contributed by atoms with van der Waals surface area (Å²) in [7, 11) is 2.01. The Hall–Kier alpha value is -1.82. The number of benzene rings is 1. The van der Waals surface area contributed by atoms with Gasteiger partial charge >= 0.3 is 0 Å². The normalized spacial score (nSPS) is 17.5. The van der Waals surface area contributed by atoms with E-state index in [0.29, 0.717) is 11.7 Å². The molecule has 1 aromatic carbocycles. The number of aryl methyl sites for hydroxylation is 1. The second kappa shape index (κ2) is 6.59. The first kappa shape index (κ1) is 15.7. The zero-order chi connectivity index (χ0) is 16.5. The maximum Gasteiger partial charge on any atom is 0.237 e. The van der Waals surface area contributed by atoms with Crippen molar-refractivity contribution in [3.63, 3.8) is 0 Å². The molecule has 1 aromatic heterocycles. The van der Waals surface area contributed by atoms with Gasteiger partial charge in [0.15, 0.2) is 5.16 Å². The first-order chi connectivity index (χ1) is 11.7. The maximum absolute atomic E-state index is 12.7. The highest BCUT2D eigenvalue weighted by molar-refractivity contribution is 7.99. The number of thioether (sulfide) groups is 1. The molecule has 0 bridgehead atoms. The smallest absolute Gasteiger partial charge is 0.237 e. The first-order valence-electron chi connectivity index (χ1n) is 8.64. The number of aromatic nitrogens is 3. The van der Waals surface area contributed by atoms with Crippen LogP contribution in [0.3, 0.4) is 0 Å². The van der Waals surface area contributed by atoms with Crippen LogP contribution in [0.15, 0.2) is 29.4 Å². The minimum atomic E-state index is 0.153. The van der Waals surface area contributed by atoms with Crippen molar-refractivity contribution < 1.29 is 4.79 Å².